The third-order valence-corrected chi connectivity index (χ3v) is 3.98. The van der Waals surface area contributed by atoms with Crippen LogP contribution in [0.15, 0.2) is 42.5 Å². The van der Waals surface area contributed by atoms with Crippen LogP contribution in [-0.4, -0.2) is 13.6 Å². The summed E-state index contributed by atoms with van der Waals surface area (Å²) < 4.78 is 0. The van der Waals surface area contributed by atoms with E-state index in [1.165, 1.54) is 40.9 Å². The van der Waals surface area contributed by atoms with Crippen LogP contribution < -0.4 is 10.2 Å². The largest absolute Gasteiger partial charge is 0.341 e. The molecule has 104 valence electrons. The molecule has 2 aromatic rings. The van der Waals surface area contributed by atoms with Crippen molar-refractivity contribution in [2.24, 2.45) is 0 Å². The minimum absolute atomic E-state index is 0.927. The molecular formula is C18H22N2. The maximum atomic E-state index is 3.19. The first-order valence-electron chi connectivity index (χ1n) is 7.38. The molecule has 0 atom stereocenters. The van der Waals surface area contributed by atoms with Crippen LogP contribution in [0.1, 0.15) is 23.1 Å². The number of aryl methyl sites for hydroxylation is 2. The van der Waals surface area contributed by atoms with E-state index >= 15 is 0 Å². The van der Waals surface area contributed by atoms with E-state index in [1.807, 2.05) is 7.05 Å². The molecule has 0 radical (unpaired) electrons. The molecule has 1 aliphatic rings. The van der Waals surface area contributed by atoms with Crippen LogP contribution in [0.2, 0.25) is 0 Å². The minimum atomic E-state index is 0.927. The quantitative estimate of drug-likeness (QED) is 0.909. The lowest BCUT2D eigenvalue weighted by Crippen LogP contribution is -2.24. The van der Waals surface area contributed by atoms with E-state index in [-0.39, 0.29) is 0 Å². The van der Waals surface area contributed by atoms with E-state index in [9.17, 15) is 0 Å². The highest BCUT2D eigenvalue weighted by Gasteiger charge is 2.17. The summed E-state index contributed by atoms with van der Waals surface area (Å²) in [4.78, 5) is 2.45. The Hall–Kier alpha value is -1.80. The van der Waals surface area contributed by atoms with Crippen LogP contribution in [0.3, 0.4) is 0 Å². The van der Waals surface area contributed by atoms with Crippen LogP contribution in [0, 0.1) is 6.92 Å². The van der Waals surface area contributed by atoms with E-state index in [2.05, 4.69) is 59.6 Å². The highest BCUT2D eigenvalue weighted by atomic mass is 15.1. The van der Waals surface area contributed by atoms with Crippen molar-refractivity contribution in [3.8, 4) is 0 Å². The van der Waals surface area contributed by atoms with E-state index in [4.69, 9.17) is 0 Å². The van der Waals surface area contributed by atoms with Crippen molar-refractivity contribution < 1.29 is 0 Å². The SMILES string of the molecule is CNCc1ccc(N2CCCc3cc(C)ccc32)cc1. The zero-order valence-electron chi connectivity index (χ0n) is 12.3. The predicted octanol–water partition coefficient (Wildman–Crippen LogP) is 3.80. The lowest BCUT2D eigenvalue weighted by atomic mass is 9.99. The lowest BCUT2D eigenvalue weighted by Gasteiger charge is -2.31. The van der Waals surface area contributed by atoms with Crippen LogP contribution in [-0.2, 0) is 13.0 Å². The fraction of sp³-hybridized carbons (Fsp3) is 0.333. The zero-order valence-corrected chi connectivity index (χ0v) is 12.3. The number of fused-ring (bicyclic) bond motifs is 1. The van der Waals surface area contributed by atoms with Gasteiger partial charge in [-0.05, 0) is 56.1 Å². The third kappa shape index (κ3) is 2.56. The van der Waals surface area contributed by atoms with Crippen molar-refractivity contribution in [3.05, 3.63) is 59.2 Å². The molecule has 0 aromatic heterocycles. The van der Waals surface area contributed by atoms with Crippen molar-refractivity contribution in [2.45, 2.75) is 26.3 Å². The Balaban J connectivity index is 1.92. The van der Waals surface area contributed by atoms with Gasteiger partial charge in [0.15, 0.2) is 0 Å². The van der Waals surface area contributed by atoms with Gasteiger partial charge in [-0.2, -0.15) is 0 Å². The molecule has 0 aliphatic carbocycles. The van der Waals surface area contributed by atoms with Crippen LogP contribution in [0.4, 0.5) is 11.4 Å². The Labute approximate surface area is 121 Å². The smallest absolute Gasteiger partial charge is 0.0443 e. The maximum Gasteiger partial charge on any atom is 0.0443 e. The second-order valence-electron chi connectivity index (χ2n) is 5.58. The first-order chi connectivity index (χ1) is 9.78. The standard InChI is InChI=1S/C18H22N2/c1-14-5-10-18-16(12-14)4-3-11-20(18)17-8-6-15(7-9-17)13-19-2/h5-10,12,19H,3-4,11,13H2,1-2H3. The lowest BCUT2D eigenvalue weighted by molar-refractivity contribution is 0.765. The Morgan fingerprint density at radius 3 is 2.65 bits per heavy atom. The molecule has 1 aliphatic heterocycles. The second-order valence-corrected chi connectivity index (χ2v) is 5.58. The summed E-state index contributed by atoms with van der Waals surface area (Å²) in [6, 6.07) is 15.7. The molecule has 1 heterocycles. The van der Waals surface area contributed by atoms with Crippen molar-refractivity contribution in [1.29, 1.82) is 0 Å². The number of nitrogens with zero attached hydrogens (tertiary/aromatic N) is 1. The van der Waals surface area contributed by atoms with Crippen LogP contribution in [0.25, 0.3) is 0 Å². The van der Waals surface area contributed by atoms with Gasteiger partial charge in [-0.3, -0.25) is 0 Å². The van der Waals surface area contributed by atoms with E-state index in [0.29, 0.717) is 0 Å². The summed E-state index contributed by atoms with van der Waals surface area (Å²) >= 11 is 0. The van der Waals surface area contributed by atoms with E-state index in [0.717, 1.165) is 13.1 Å². The average molecular weight is 266 g/mol. The molecule has 0 saturated carbocycles. The summed E-state index contributed by atoms with van der Waals surface area (Å²) in [6.45, 7) is 4.21. The molecule has 2 nitrogen and oxygen atoms in total. The number of benzene rings is 2. The van der Waals surface area contributed by atoms with Crippen molar-refractivity contribution in [1.82, 2.24) is 5.32 Å². The fourth-order valence-electron chi connectivity index (χ4n) is 2.99. The summed E-state index contributed by atoms with van der Waals surface area (Å²) in [7, 11) is 1.98. The number of rotatable bonds is 3. The fourth-order valence-corrected chi connectivity index (χ4v) is 2.99. The Bertz CT molecular complexity index is 587. The number of anilines is 2. The monoisotopic (exact) mass is 266 g/mol. The Morgan fingerprint density at radius 2 is 1.90 bits per heavy atom. The highest BCUT2D eigenvalue weighted by Crippen LogP contribution is 2.33. The number of nitrogens with one attached hydrogen (secondary N) is 1. The first-order valence-corrected chi connectivity index (χ1v) is 7.38. The van der Waals surface area contributed by atoms with Gasteiger partial charge >= 0.3 is 0 Å². The Kier molecular flexibility index (Phi) is 3.75. The molecule has 0 bridgehead atoms. The Morgan fingerprint density at radius 1 is 1.10 bits per heavy atom. The van der Waals surface area contributed by atoms with Gasteiger partial charge in [0.05, 0.1) is 0 Å². The average Bonchev–Trinajstić information content (AvgIpc) is 2.47. The molecule has 20 heavy (non-hydrogen) atoms. The molecule has 1 N–H and O–H groups in total. The summed E-state index contributed by atoms with van der Waals surface area (Å²) in [5.74, 6) is 0. The summed E-state index contributed by atoms with van der Waals surface area (Å²) in [5.41, 5.74) is 6.85. The molecule has 0 fully saturated rings. The maximum absolute atomic E-state index is 3.19. The minimum Gasteiger partial charge on any atom is -0.341 e. The van der Waals surface area contributed by atoms with Crippen molar-refractivity contribution in [2.75, 3.05) is 18.5 Å². The summed E-state index contributed by atoms with van der Waals surface area (Å²) in [5, 5.41) is 3.19. The molecular weight excluding hydrogens is 244 g/mol. The number of hydrogen-bond acceptors (Lipinski definition) is 2. The van der Waals surface area contributed by atoms with Gasteiger partial charge in [0.2, 0.25) is 0 Å². The molecule has 3 rings (SSSR count). The number of hydrogen-bond donors (Lipinski definition) is 1. The van der Waals surface area contributed by atoms with Crippen molar-refractivity contribution in [3.63, 3.8) is 0 Å². The zero-order chi connectivity index (χ0) is 13.9. The predicted molar refractivity (Wildman–Crippen MR) is 85.7 cm³/mol. The summed E-state index contributed by atoms with van der Waals surface area (Å²) in [6.07, 6.45) is 2.43. The van der Waals surface area contributed by atoms with Gasteiger partial charge in [0.25, 0.3) is 0 Å². The van der Waals surface area contributed by atoms with E-state index < -0.39 is 0 Å². The highest BCUT2D eigenvalue weighted by molar-refractivity contribution is 5.68. The topological polar surface area (TPSA) is 15.3 Å². The third-order valence-electron chi connectivity index (χ3n) is 3.98. The van der Waals surface area contributed by atoms with Gasteiger partial charge in [-0.1, -0.05) is 29.8 Å². The van der Waals surface area contributed by atoms with Crippen LogP contribution in [0.5, 0.6) is 0 Å². The molecule has 2 heteroatoms. The van der Waals surface area contributed by atoms with Gasteiger partial charge < -0.3 is 10.2 Å². The van der Waals surface area contributed by atoms with Crippen LogP contribution >= 0.6 is 0 Å². The normalized spacial score (nSPS) is 14.2. The molecule has 2 aromatic carbocycles. The van der Waals surface area contributed by atoms with Crippen molar-refractivity contribution >= 4 is 11.4 Å². The molecule has 0 spiro atoms. The molecule has 0 amide bonds. The van der Waals surface area contributed by atoms with E-state index in [1.54, 1.807) is 0 Å². The van der Waals surface area contributed by atoms with Gasteiger partial charge in [-0.15, -0.1) is 0 Å². The second kappa shape index (κ2) is 5.68. The van der Waals surface area contributed by atoms with Gasteiger partial charge in [0.1, 0.15) is 0 Å². The first kappa shape index (κ1) is 13.2. The molecule has 0 unspecified atom stereocenters. The van der Waals surface area contributed by atoms with Gasteiger partial charge in [0, 0.05) is 24.5 Å². The molecule has 0 saturated heterocycles. The van der Waals surface area contributed by atoms with Gasteiger partial charge in [-0.25, -0.2) is 0 Å².